The van der Waals surface area contributed by atoms with Crippen molar-refractivity contribution in [3.8, 4) is 0 Å². The number of hydrogen-bond acceptors (Lipinski definition) is 4. The molecule has 108 valence electrons. The highest BCUT2D eigenvalue weighted by atomic mass is 32.2. The quantitative estimate of drug-likeness (QED) is 0.914. The zero-order chi connectivity index (χ0) is 14.3. The normalized spacial score (nSPS) is 15.9. The van der Waals surface area contributed by atoms with Crippen LogP contribution in [0.3, 0.4) is 0 Å². The fraction of sp³-hybridized carbons (Fsp3) is 0.462. The number of hydrogen-bond donors (Lipinski definition) is 1. The van der Waals surface area contributed by atoms with Gasteiger partial charge in [-0.15, -0.1) is 0 Å². The van der Waals surface area contributed by atoms with Crippen molar-refractivity contribution < 1.29 is 12.8 Å². The molecule has 2 aromatic heterocycles. The Morgan fingerprint density at radius 2 is 2.15 bits per heavy atom. The van der Waals surface area contributed by atoms with Gasteiger partial charge in [-0.05, 0) is 38.8 Å². The number of nitrogens with zero attached hydrogens (tertiary/aromatic N) is 2. The van der Waals surface area contributed by atoms with E-state index in [2.05, 4.69) is 9.97 Å². The maximum absolute atomic E-state index is 12.7. The summed E-state index contributed by atoms with van der Waals surface area (Å²) >= 11 is 0. The van der Waals surface area contributed by atoms with Crippen LogP contribution in [-0.2, 0) is 16.6 Å². The number of imidazole rings is 1. The van der Waals surface area contributed by atoms with Crippen LogP contribution in [0, 0.1) is 13.8 Å². The second kappa shape index (κ2) is 4.75. The largest absolute Gasteiger partial charge is 0.465 e. The smallest absolute Gasteiger partial charge is 0.260 e. The van der Waals surface area contributed by atoms with Crippen LogP contribution in [0.2, 0.25) is 0 Å². The number of H-pyrrole nitrogens is 1. The summed E-state index contributed by atoms with van der Waals surface area (Å²) in [4.78, 5) is 6.77. The van der Waals surface area contributed by atoms with Crippen LogP contribution < -0.4 is 0 Å². The van der Waals surface area contributed by atoms with Gasteiger partial charge in [-0.25, -0.2) is 13.4 Å². The van der Waals surface area contributed by atoms with Gasteiger partial charge in [-0.2, -0.15) is 4.31 Å². The van der Waals surface area contributed by atoms with Gasteiger partial charge in [0.2, 0.25) is 0 Å². The van der Waals surface area contributed by atoms with E-state index < -0.39 is 10.0 Å². The maximum atomic E-state index is 12.7. The summed E-state index contributed by atoms with van der Waals surface area (Å²) in [5, 5.41) is 0.144. The molecule has 1 fully saturated rings. The fourth-order valence-electron chi connectivity index (χ4n) is 2.15. The number of nitrogens with one attached hydrogen (secondary N) is 1. The van der Waals surface area contributed by atoms with E-state index >= 15 is 0 Å². The summed E-state index contributed by atoms with van der Waals surface area (Å²) in [6.45, 7) is 3.84. The molecule has 6 nitrogen and oxygen atoms in total. The second-order valence-corrected chi connectivity index (χ2v) is 6.99. The third-order valence-electron chi connectivity index (χ3n) is 3.33. The lowest BCUT2D eigenvalue weighted by Crippen LogP contribution is -2.32. The van der Waals surface area contributed by atoms with Gasteiger partial charge in [-0.3, -0.25) is 0 Å². The molecule has 1 N–H and O–H groups in total. The molecule has 1 saturated carbocycles. The first-order valence-corrected chi connectivity index (χ1v) is 7.99. The lowest BCUT2D eigenvalue weighted by molar-refractivity contribution is 0.351. The van der Waals surface area contributed by atoms with Crippen LogP contribution in [0.5, 0.6) is 0 Å². The van der Waals surface area contributed by atoms with Crippen LogP contribution in [0.4, 0.5) is 0 Å². The summed E-state index contributed by atoms with van der Waals surface area (Å²) in [7, 11) is -3.55. The van der Waals surface area contributed by atoms with Gasteiger partial charge in [-0.1, -0.05) is 0 Å². The molecule has 7 heteroatoms. The van der Waals surface area contributed by atoms with Crippen molar-refractivity contribution in [2.24, 2.45) is 0 Å². The molecule has 1 aliphatic carbocycles. The van der Waals surface area contributed by atoms with Crippen molar-refractivity contribution in [3.63, 3.8) is 0 Å². The number of rotatable bonds is 5. The van der Waals surface area contributed by atoms with E-state index in [0.29, 0.717) is 11.6 Å². The Morgan fingerprint density at radius 1 is 1.40 bits per heavy atom. The van der Waals surface area contributed by atoms with Crippen molar-refractivity contribution in [2.75, 3.05) is 0 Å². The first-order valence-electron chi connectivity index (χ1n) is 6.55. The molecule has 0 aliphatic heterocycles. The minimum atomic E-state index is -3.55. The molecule has 1 aliphatic rings. The predicted octanol–water partition coefficient (Wildman–Crippen LogP) is 1.97. The van der Waals surface area contributed by atoms with E-state index in [-0.39, 0.29) is 17.6 Å². The van der Waals surface area contributed by atoms with Crippen molar-refractivity contribution in [1.82, 2.24) is 14.3 Å². The number of sulfonamides is 1. The van der Waals surface area contributed by atoms with Gasteiger partial charge in [0, 0.05) is 6.04 Å². The Morgan fingerprint density at radius 3 is 2.65 bits per heavy atom. The van der Waals surface area contributed by atoms with Crippen LogP contribution in [0.25, 0.3) is 0 Å². The number of furan rings is 1. The molecule has 2 heterocycles. The molecule has 0 bridgehead atoms. The summed E-state index contributed by atoms with van der Waals surface area (Å²) < 4.78 is 32.3. The van der Waals surface area contributed by atoms with Crippen molar-refractivity contribution >= 4 is 10.0 Å². The van der Waals surface area contributed by atoms with Gasteiger partial charge in [0.05, 0.1) is 12.7 Å². The average Bonchev–Trinajstić information content (AvgIpc) is 2.99. The lowest BCUT2D eigenvalue weighted by atomic mass is 10.4. The molecular weight excluding hydrogens is 278 g/mol. The second-order valence-electron chi connectivity index (χ2n) is 5.13. The molecule has 0 aromatic carbocycles. The summed E-state index contributed by atoms with van der Waals surface area (Å²) in [5.74, 6) is 2.04. The number of aryl methyl sites for hydroxylation is 2. The Hall–Kier alpha value is -1.60. The Labute approximate surface area is 117 Å². The third-order valence-corrected chi connectivity index (χ3v) is 5.14. The summed E-state index contributed by atoms with van der Waals surface area (Å²) in [5.41, 5.74) is 0. The molecular formula is C13H17N3O3S. The van der Waals surface area contributed by atoms with E-state index in [9.17, 15) is 8.42 Å². The monoisotopic (exact) mass is 295 g/mol. The van der Waals surface area contributed by atoms with Crippen molar-refractivity contribution in [1.29, 1.82) is 0 Å². The molecule has 2 aromatic rings. The van der Waals surface area contributed by atoms with Crippen molar-refractivity contribution in [2.45, 2.75) is 44.3 Å². The van der Waals surface area contributed by atoms with Gasteiger partial charge in [0.25, 0.3) is 10.0 Å². The average molecular weight is 295 g/mol. The van der Waals surface area contributed by atoms with Gasteiger partial charge < -0.3 is 9.40 Å². The predicted molar refractivity (Wildman–Crippen MR) is 72.5 cm³/mol. The zero-order valence-electron chi connectivity index (χ0n) is 11.5. The van der Waals surface area contributed by atoms with E-state index in [1.807, 2.05) is 19.1 Å². The maximum Gasteiger partial charge on any atom is 0.260 e. The van der Waals surface area contributed by atoms with Crippen molar-refractivity contribution in [3.05, 3.63) is 35.7 Å². The molecule has 20 heavy (non-hydrogen) atoms. The van der Waals surface area contributed by atoms with Crippen LogP contribution >= 0.6 is 0 Å². The molecule has 0 radical (unpaired) electrons. The first kappa shape index (κ1) is 13.4. The minimum Gasteiger partial charge on any atom is -0.465 e. The highest BCUT2D eigenvalue weighted by Crippen LogP contribution is 2.33. The third kappa shape index (κ3) is 2.51. The van der Waals surface area contributed by atoms with Crippen LogP contribution in [0.15, 0.2) is 27.8 Å². The molecule has 0 spiro atoms. The Bertz CT molecular complexity index is 713. The standard InChI is InChI=1S/C13H17N3O3S/c1-9-3-6-12(19-9)8-16(11-4-5-11)20(17,18)13-7-14-10(2)15-13/h3,6-7,11H,4-5,8H2,1-2H3,(H,14,15). The van der Waals surface area contributed by atoms with E-state index in [4.69, 9.17) is 4.42 Å². The topological polar surface area (TPSA) is 79.2 Å². The van der Waals surface area contributed by atoms with Crippen LogP contribution in [-0.4, -0.2) is 28.7 Å². The van der Waals surface area contributed by atoms with Gasteiger partial charge in [0.15, 0.2) is 5.03 Å². The Kier molecular flexibility index (Phi) is 3.18. The molecule has 0 saturated heterocycles. The molecule has 0 amide bonds. The highest BCUT2D eigenvalue weighted by molar-refractivity contribution is 7.89. The minimum absolute atomic E-state index is 0.0639. The summed E-state index contributed by atoms with van der Waals surface area (Å²) in [6, 6.07) is 3.72. The lowest BCUT2D eigenvalue weighted by Gasteiger charge is -2.19. The number of aromatic amines is 1. The zero-order valence-corrected chi connectivity index (χ0v) is 12.3. The van der Waals surface area contributed by atoms with Gasteiger partial charge in [0.1, 0.15) is 17.3 Å². The molecule has 3 rings (SSSR count). The van der Waals surface area contributed by atoms with E-state index in [0.717, 1.165) is 18.6 Å². The first-order chi connectivity index (χ1) is 9.46. The van der Waals surface area contributed by atoms with Gasteiger partial charge >= 0.3 is 0 Å². The highest BCUT2D eigenvalue weighted by Gasteiger charge is 2.39. The number of aromatic nitrogens is 2. The Balaban J connectivity index is 1.90. The van der Waals surface area contributed by atoms with Crippen LogP contribution in [0.1, 0.15) is 30.2 Å². The van der Waals surface area contributed by atoms with E-state index in [1.165, 1.54) is 10.5 Å². The molecule has 0 atom stereocenters. The molecule has 0 unspecified atom stereocenters. The fourth-order valence-corrected chi connectivity index (χ4v) is 3.77. The SMILES string of the molecule is Cc1ncc(S(=O)(=O)N(Cc2ccc(C)o2)C2CC2)[nH]1. The van der Waals surface area contributed by atoms with E-state index in [1.54, 1.807) is 6.92 Å². The summed E-state index contributed by atoms with van der Waals surface area (Å²) in [6.07, 6.45) is 3.16.